The summed E-state index contributed by atoms with van der Waals surface area (Å²) in [6.07, 6.45) is 4.15. The number of likely N-dealkylation sites (N-methyl/N-ethyl adjacent to an activating group) is 1. The minimum Gasteiger partial charge on any atom is -0.373 e. The van der Waals surface area contributed by atoms with Crippen molar-refractivity contribution < 1.29 is 0 Å². The summed E-state index contributed by atoms with van der Waals surface area (Å²) in [7, 11) is 2.15. The van der Waals surface area contributed by atoms with E-state index in [2.05, 4.69) is 47.6 Å². The van der Waals surface area contributed by atoms with Gasteiger partial charge in [-0.05, 0) is 25.0 Å². The highest BCUT2D eigenvalue weighted by molar-refractivity contribution is 5.44. The standard InChI is InChI=1S/C13H20N2/c1-15(13-8-3-2-4-9-13)11-10-14-12-6-5-7-12/h2-4,8-9,12,14H,5-7,10-11H2,1H3. The van der Waals surface area contributed by atoms with Crippen molar-refractivity contribution in [1.29, 1.82) is 0 Å². The van der Waals surface area contributed by atoms with Gasteiger partial charge in [-0.15, -0.1) is 0 Å². The van der Waals surface area contributed by atoms with Gasteiger partial charge < -0.3 is 10.2 Å². The van der Waals surface area contributed by atoms with E-state index in [-0.39, 0.29) is 0 Å². The van der Waals surface area contributed by atoms with Crippen molar-refractivity contribution in [2.24, 2.45) is 0 Å². The average molecular weight is 204 g/mol. The third-order valence-corrected chi connectivity index (χ3v) is 3.18. The Balaban J connectivity index is 1.70. The lowest BCUT2D eigenvalue weighted by molar-refractivity contribution is 0.343. The topological polar surface area (TPSA) is 15.3 Å². The molecule has 1 aromatic carbocycles. The zero-order valence-electron chi connectivity index (χ0n) is 9.45. The first-order valence-electron chi connectivity index (χ1n) is 5.86. The van der Waals surface area contributed by atoms with Gasteiger partial charge in [-0.3, -0.25) is 0 Å². The molecular formula is C13H20N2. The number of nitrogens with one attached hydrogen (secondary N) is 1. The summed E-state index contributed by atoms with van der Waals surface area (Å²) in [6.45, 7) is 2.18. The van der Waals surface area contributed by atoms with Crippen LogP contribution in [0.5, 0.6) is 0 Å². The van der Waals surface area contributed by atoms with Gasteiger partial charge in [0.15, 0.2) is 0 Å². The number of para-hydroxylation sites is 1. The van der Waals surface area contributed by atoms with E-state index >= 15 is 0 Å². The molecule has 0 aliphatic heterocycles. The summed E-state index contributed by atoms with van der Waals surface area (Å²) in [5.41, 5.74) is 1.30. The van der Waals surface area contributed by atoms with E-state index in [1.807, 2.05) is 0 Å². The number of anilines is 1. The maximum atomic E-state index is 3.58. The molecule has 0 heterocycles. The molecular weight excluding hydrogens is 184 g/mol. The van der Waals surface area contributed by atoms with Gasteiger partial charge >= 0.3 is 0 Å². The predicted octanol–water partition coefficient (Wildman–Crippen LogP) is 2.26. The monoisotopic (exact) mass is 204 g/mol. The highest BCUT2D eigenvalue weighted by Gasteiger charge is 2.15. The van der Waals surface area contributed by atoms with Gasteiger partial charge in [-0.1, -0.05) is 24.6 Å². The van der Waals surface area contributed by atoms with Crippen molar-refractivity contribution in [3.05, 3.63) is 30.3 Å². The van der Waals surface area contributed by atoms with E-state index in [4.69, 9.17) is 0 Å². The molecule has 1 fully saturated rings. The largest absolute Gasteiger partial charge is 0.373 e. The van der Waals surface area contributed by atoms with Gasteiger partial charge in [0.2, 0.25) is 0 Å². The molecule has 0 radical (unpaired) electrons. The van der Waals surface area contributed by atoms with E-state index in [1.165, 1.54) is 24.9 Å². The Bertz CT molecular complexity index is 280. The smallest absolute Gasteiger partial charge is 0.0364 e. The van der Waals surface area contributed by atoms with E-state index in [0.717, 1.165) is 19.1 Å². The summed E-state index contributed by atoms with van der Waals surface area (Å²) < 4.78 is 0. The molecule has 15 heavy (non-hydrogen) atoms. The maximum Gasteiger partial charge on any atom is 0.0364 e. The van der Waals surface area contributed by atoms with Gasteiger partial charge in [-0.25, -0.2) is 0 Å². The Morgan fingerprint density at radius 2 is 2.00 bits per heavy atom. The molecule has 1 aliphatic rings. The van der Waals surface area contributed by atoms with E-state index in [0.29, 0.717) is 0 Å². The van der Waals surface area contributed by atoms with Crippen molar-refractivity contribution in [3.63, 3.8) is 0 Å². The first kappa shape index (κ1) is 10.5. The Kier molecular flexibility index (Phi) is 3.62. The third-order valence-electron chi connectivity index (χ3n) is 3.18. The molecule has 1 aliphatic carbocycles. The average Bonchev–Trinajstić information content (AvgIpc) is 2.23. The van der Waals surface area contributed by atoms with Crippen LogP contribution in [0.25, 0.3) is 0 Å². The molecule has 0 bridgehead atoms. The van der Waals surface area contributed by atoms with Gasteiger partial charge in [0, 0.05) is 31.9 Å². The molecule has 82 valence electrons. The summed E-state index contributed by atoms with van der Waals surface area (Å²) in [4.78, 5) is 2.30. The van der Waals surface area contributed by atoms with Crippen LogP contribution in [-0.4, -0.2) is 26.2 Å². The Morgan fingerprint density at radius 1 is 1.27 bits per heavy atom. The summed E-state index contributed by atoms with van der Waals surface area (Å²) in [5, 5.41) is 3.58. The fourth-order valence-electron chi connectivity index (χ4n) is 1.86. The Labute approximate surface area is 92.3 Å². The van der Waals surface area contributed by atoms with E-state index < -0.39 is 0 Å². The van der Waals surface area contributed by atoms with Crippen molar-refractivity contribution in [2.45, 2.75) is 25.3 Å². The molecule has 0 amide bonds. The van der Waals surface area contributed by atoms with E-state index in [1.54, 1.807) is 0 Å². The molecule has 1 saturated carbocycles. The molecule has 1 N–H and O–H groups in total. The maximum absolute atomic E-state index is 3.58. The molecule has 0 aromatic heterocycles. The molecule has 0 atom stereocenters. The van der Waals surface area contributed by atoms with Crippen LogP contribution in [-0.2, 0) is 0 Å². The molecule has 0 saturated heterocycles. The van der Waals surface area contributed by atoms with Gasteiger partial charge in [-0.2, -0.15) is 0 Å². The zero-order valence-corrected chi connectivity index (χ0v) is 9.45. The Morgan fingerprint density at radius 3 is 2.60 bits per heavy atom. The number of nitrogens with zero attached hydrogens (tertiary/aromatic N) is 1. The predicted molar refractivity (Wildman–Crippen MR) is 65.4 cm³/mol. The number of hydrogen-bond donors (Lipinski definition) is 1. The first-order chi connectivity index (χ1) is 7.36. The van der Waals surface area contributed by atoms with Crippen molar-refractivity contribution in [1.82, 2.24) is 5.32 Å². The SMILES string of the molecule is CN(CCNC1CCC1)c1ccccc1. The van der Waals surface area contributed by atoms with Crippen molar-refractivity contribution in [2.75, 3.05) is 25.0 Å². The fourth-order valence-corrected chi connectivity index (χ4v) is 1.86. The number of rotatable bonds is 5. The number of benzene rings is 1. The second-order valence-corrected chi connectivity index (χ2v) is 4.34. The minimum atomic E-state index is 0.800. The summed E-state index contributed by atoms with van der Waals surface area (Å²) in [5.74, 6) is 0. The second kappa shape index (κ2) is 5.17. The molecule has 1 aromatic rings. The molecule has 2 nitrogen and oxygen atoms in total. The Hall–Kier alpha value is -1.02. The van der Waals surface area contributed by atoms with Crippen LogP contribution in [0.4, 0.5) is 5.69 Å². The second-order valence-electron chi connectivity index (χ2n) is 4.34. The van der Waals surface area contributed by atoms with Crippen LogP contribution in [0.3, 0.4) is 0 Å². The quantitative estimate of drug-likeness (QED) is 0.791. The van der Waals surface area contributed by atoms with Crippen LogP contribution in [0.15, 0.2) is 30.3 Å². The van der Waals surface area contributed by atoms with Crippen LogP contribution in [0.2, 0.25) is 0 Å². The highest BCUT2D eigenvalue weighted by Crippen LogP contribution is 2.17. The summed E-state index contributed by atoms with van der Waals surface area (Å²) in [6, 6.07) is 11.3. The summed E-state index contributed by atoms with van der Waals surface area (Å²) >= 11 is 0. The first-order valence-corrected chi connectivity index (χ1v) is 5.86. The van der Waals surface area contributed by atoms with Crippen LogP contribution < -0.4 is 10.2 Å². The molecule has 0 unspecified atom stereocenters. The molecule has 2 rings (SSSR count). The van der Waals surface area contributed by atoms with Crippen molar-refractivity contribution >= 4 is 5.69 Å². The lowest BCUT2D eigenvalue weighted by Crippen LogP contribution is -2.39. The van der Waals surface area contributed by atoms with E-state index in [9.17, 15) is 0 Å². The molecule has 0 spiro atoms. The minimum absolute atomic E-state index is 0.800. The third kappa shape index (κ3) is 2.96. The highest BCUT2D eigenvalue weighted by atomic mass is 15.1. The fraction of sp³-hybridized carbons (Fsp3) is 0.538. The normalized spacial score (nSPS) is 16.1. The lowest BCUT2D eigenvalue weighted by Gasteiger charge is -2.28. The van der Waals surface area contributed by atoms with Gasteiger partial charge in [0.05, 0.1) is 0 Å². The molecule has 2 heteroatoms. The lowest BCUT2D eigenvalue weighted by atomic mass is 9.93. The van der Waals surface area contributed by atoms with Crippen LogP contribution >= 0.6 is 0 Å². The number of hydrogen-bond acceptors (Lipinski definition) is 2. The van der Waals surface area contributed by atoms with Crippen LogP contribution in [0, 0.1) is 0 Å². The van der Waals surface area contributed by atoms with Gasteiger partial charge in [0.25, 0.3) is 0 Å². The zero-order chi connectivity index (χ0) is 10.5. The van der Waals surface area contributed by atoms with Gasteiger partial charge in [0.1, 0.15) is 0 Å². The van der Waals surface area contributed by atoms with Crippen LogP contribution in [0.1, 0.15) is 19.3 Å². The van der Waals surface area contributed by atoms with Crippen molar-refractivity contribution in [3.8, 4) is 0 Å².